The predicted molar refractivity (Wildman–Crippen MR) is 382 cm³/mol. The van der Waals surface area contributed by atoms with Gasteiger partial charge in [-0.25, -0.2) is 9.13 Å². The van der Waals surface area contributed by atoms with E-state index in [4.69, 9.17) is 37.0 Å². The molecule has 0 aliphatic carbocycles. The summed E-state index contributed by atoms with van der Waals surface area (Å²) in [5.41, 5.74) is 0. The molecule has 0 heterocycles. The number of phosphoric ester groups is 2. The van der Waals surface area contributed by atoms with Crippen LogP contribution in [0.1, 0.15) is 394 Å². The number of carbonyl (C=O) groups excluding carboxylic acids is 4. The minimum atomic E-state index is -4.96. The Hall–Kier alpha value is -1.94. The molecule has 19 heteroatoms. The van der Waals surface area contributed by atoms with Gasteiger partial charge in [0.2, 0.25) is 0 Å². The van der Waals surface area contributed by atoms with Crippen molar-refractivity contribution in [3.8, 4) is 0 Å². The van der Waals surface area contributed by atoms with Gasteiger partial charge in [0.1, 0.15) is 19.3 Å². The second-order valence-corrected chi connectivity index (χ2v) is 30.4. The Morgan fingerprint density at radius 1 is 0.287 bits per heavy atom. The van der Waals surface area contributed by atoms with E-state index in [1.165, 1.54) is 218 Å². The van der Waals surface area contributed by atoms with E-state index in [1.54, 1.807) is 0 Å². The highest BCUT2D eigenvalue weighted by atomic mass is 31.2. The van der Waals surface area contributed by atoms with Crippen LogP contribution in [0.3, 0.4) is 0 Å². The SMILES string of the molecule is CCCCCCCCCCCCCCCCCCCCC(=O)O[C@H](COC(=O)CCCCCCCCCCCCCCCCCCC)COP(=O)(O)OC[C@@H](O)COP(=O)(O)OC[C@@H](COC(=O)CCCCCCCCCCC)OC(=O)CCCCCCCCCC(C)C. The minimum Gasteiger partial charge on any atom is -0.462 e. The van der Waals surface area contributed by atoms with Crippen molar-refractivity contribution in [2.24, 2.45) is 5.92 Å². The molecule has 0 saturated heterocycles. The van der Waals surface area contributed by atoms with Crippen LogP contribution in [0.5, 0.6) is 0 Å². The standard InChI is InChI=1S/C75H146O17P2/c1-6-9-12-15-18-21-23-25-27-29-31-33-35-37-40-45-50-55-60-74(79)91-70(64-86-73(78)59-54-49-44-39-36-34-32-30-28-26-24-22-19-16-13-10-7-2)66-89-93(81,82)87-62-69(76)63-88-94(83,84)90-67-71(65-85-72(77)58-53-48-43-38-20-17-14-11-8-3)92-75(80)61-56-51-46-41-42-47-52-57-68(4)5/h68-71,76H,6-67H2,1-5H3,(H,81,82)(H,83,84)/t69-,70-,71-/m1/s1. The van der Waals surface area contributed by atoms with Crippen molar-refractivity contribution >= 4 is 39.5 Å². The second kappa shape index (κ2) is 68.2. The Balaban J connectivity index is 5.20. The number of unbranched alkanes of at least 4 members (excludes halogenated alkanes) is 47. The molecule has 0 aromatic rings. The summed E-state index contributed by atoms with van der Waals surface area (Å²) in [5.74, 6) is -1.42. The van der Waals surface area contributed by atoms with Crippen LogP contribution in [0.2, 0.25) is 0 Å². The summed E-state index contributed by atoms with van der Waals surface area (Å²) in [6, 6.07) is 0. The average Bonchev–Trinajstić information content (AvgIpc) is 1.59. The number of esters is 4. The lowest BCUT2D eigenvalue weighted by Crippen LogP contribution is -2.30. The molecule has 0 aliphatic rings. The van der Waals surface area contributed by atoms with Gasteiger partial charge in [-0.05, 0) is 31.6 Å². The van der Waals surface area contributed by atoms with Crippen molar-refractivity contribution < 1.29 is 80.2 Å². The first-order chi connectivity index (χ1) is 45.5. The van der Waals surface area contributed by atoms with Crippen LogP contribution >= 0.6 is 15.6 Å². The van der Waals surface area contributed by atoms with Crippen molar-refractivity contribution in [1.82, 2.24) is 0 Å². The van der Waals surface area contributed by atoms with E-state index in [1.807, 2.05) is 0 Å². The summed E-state index contributed by atoms with van der Waals surface area (Å²) in [6.45, 7) is 7.21. The van der Waals surface area contributed by atoms with E-state index in [-0.39, 0.29) is 25.7 Å². The van der Waals surface area contributed by atoms with Gasteiger partial charge in [0.15, 0.2) is 12.2 Å². The Kier molecular flexibility index (Phi) is 66.8. The van der Waals surface area contributed by atoms with Crippen molar-refractivity contribution in [3.63, 3.8) is 0 Å². The van der Waals surface area contributed by atoms with Gasteiger partial charge in [-0.1, -0.05) is 343 Å². The molecule has 0 aliphatic heterocycles. The Bertz CT molecular complexity index is 1810. The van der Waals surface area contributed by atoms with Gasteiger partial charge in [-0.15, -0.1) is 0 Å². The molecule has 0 spiro atoms. The summed E-state index contributed by atoms with van der Waals surface area (Å²) in [4.78, 5) is 72.7. The summed E-state index contributed by atoms with van der Waals surface area (Å²) in [5, 5.41) is 10.6. The van der Waals surface area contributed by atoms with Gasteiger partial charge in [0, 0.05) is 25.7 Å². The molecule has 0 radical (unpaired) electrons. The van der Waals surface area contributed by atoms with Crippen LogP contribution in [-0.2, 0) is 65.4 Å². The normalized spacial score (nSPS) is 14.0. The summed E-state index contributed by atoms with van der Waals surface area (Å²) >= 11 is 0. The van der Waals surface area contributed by atoms with Crippen LogP contribution < -0.4 is 0 Å². The monoisotopic (exact) mass is 1380 g/mol. The van der Waals surface area contributed by atoms with Gasteiger partial charge >= 0.3 is 39.5 Å². The van der Waals surface area contributed by atoms with Crippen LogP contribution in [0.25, 0.3) is 0 Å². The van der Waals surface area contributed by atoms with Gasteiger partial charge in [0.05, 0.1) is 26.4 Å². The molecule has 0 bridgehead atoms. The molecule has 3 N–H and O–H groups in total. The van der Waals surface area contributed by atoms with Gasteiger partial charge in [-0.2, -0.15) is 0 Å². The number of phosphoric acid groups is 2. The maximum Gasteiger partial charge on any atom is 0.472 e. The third kappa shape index (κ3) is 68.6. The first-order valence-electron chi connectivity index (χ1n) is 39.1. The topological polar surface area (TPSA) is 237 Å². The van der Waals surface area contributed by atoms with Gasteiger partial charge in [-0.3, -0.25) is 37.3 Å². The number of rotatable bonds is 75. The van der Waals surface area contributed by atoms with Crippen LogP contribution in [0.4, 0.5) is 0 Å². The fraction of sp³-hybridized carbons (Fsp3) is 0.947. The molecule has 5 atom stereocenters. The molecule has 0 rings (SSSR count). The summed E-state index contributed by atoms with van der Waals surface area (Å²) in [7, 11) is -9.90. The molecule has 0 fully saturated rings. The molecule has 94 heavy (non-hydrogen) atoms. The zero-order chi connectivity index (χ0) is 69.1. The molecule has 558 valence electrons. The molecule has 0 amide bonds. The summed E-state index contributed by atoms with van der Waals surface area (Å²) < 4.78 is 68.4. The minimum absolute atomic E-state index is 0.104. The van der Waals surface area contributed by atoms with Crippen LogP contribution in [-0.4, -0.2) is 96.7 Å². The first kappa shape index (κ1) is 92.1. The van der Waals surface area contributed by atoms with E-state index in [2.05, 4.69) is 34.6 Å². The van der Waals surface area contributed by atoms with Crippen LogP contribution in [0.15, 0.2) is 0 Å². The largest absolute Gasteiger partial charge is 0.472 e. The average molecular weight is 1380 g/mol. The fourth-order valence-electron chi connectivity index (χ4n) is 11.5. The number of hydrogen-bond acceptors (Lipinski definition) is 15. The van der Waals surface area contributed by atoms with Gasteiger partial charge < -0.3 is 33.8 Å². The highest BCUT2D eigenvalue weighted by Crippen LogP contribution is 2.45. The molecule has 0 aromatic carbocycles. The quantitative estimate of drug-likeness (QED) is 0.0222. The Labute approximate surface area is 575 Å². The molecule has 0 aromatic heterocycles. The molecule has 0 saturated carbocycles. The van der Waals surface area contributed by atoms with Crippen molar-refractivity contribution in [3.05, 3.63) is 0 Å². The van der Waals surface area contributed by atoms with E-state index in [0.717, 1.165) is 89.9 Å². The van der Waals surface area contributed by atoms with E-state index in [9.17, 15) is 43.2 Å². The maximum absolute atomic E-state index is 13.1. The Morgan fingerprint density at radius 3 is 0.723 bits per heavy atom. The lowest BCUT2D eigenvalue weighted by atomic mass is 10.0. The molecular weight excluding hydrogens is 1230 g/mol. The highest BCUT2D eigenvalue weighted by Gasteiger charge is 2.30. The zero-order valence-electron chi connectivity index (χ0n) is 61.1. The fourth-order valence-corrected chi connectivity index (χ4v) is 13.1. The maximum atomic E-state index is 13.1. The number of aliphatic hydroxyl groups is 1. The second-order valence-electron chi connectivity index (χ2n) is 27.5. The van der Waals surface area contributed by atoms with Crippen molar-refractivity contribution in [2.45, 2.75) is 412 Å². The van der Waals surface area contributed by atoms with E-state index in [0.29, 0.717) is 31.6 Å². The summed E-state index contributed by atoms with van der Waals surface area (Å²) in [6.07, 6.45) is 57.1. The van der Waals surface area contributed by atoms with Crippen LogP contribution in [0, 0.1) is 5.92 Å². The third-order valence-corrected chi connectivity index (χ3v) is 19.4. The van der Waals surface area contributed by atoms with Crippen molar-refractivity contribution in [2.75, 3.05) is 39.6 Å². The smallest absolute Gasteiger partial charge is 0.462 e. The predicted octanol–water partition coefficient (Wildman–Crippen LogP) is 22.1. The number of ether oxygens (including phenoxy) is 4. The lowest BCUT2D eigenvalue weighted by Gasteiger charge is -2.21. The number of carbonyl (C=O) groups is 4. The van der Waals surface area contributed by atoms with Gasteiger partial charge in [0.25, 0.3) is 0 Å². The van der Waals surface area contributed by atoms with Crippen molar-refractivity contribution in [1.29, 1.82) is 0 Å². The molecule has 17 nitrogen and oxygen atoms in total. The zero-order valence-corrected chi connectivity index (χ0v) is 62.9. The van der Waals surface area contributed by atoms with E-state index >= 15 is 0 Å². The highest BCUT2D eigenvalue weighted by molar-refractivity contribution is 7.47. The Morgan fingerprint density at radius 2 is 0.489 bits per heavy atom. The molecular formula is C75H146O17P2. The first-order valence-corrected chi connectivity index (χ1v) is 42.1. The van der Waals surface area contributed by atoms with E-state index < -0.39 is 97.5 Å². The third-order valence-electron chi connectivity index (χ3n) is 17.5. The number of aliphatic hydroxyl groups excluding tert-OH is 1. The lowest BCUT2D eigenvalue weighted by molar-refractivity contribution is -0.161. The number of hydrogen-bond donors (Lipinski definition) is 3. The molecule has 2 unspecified atom stereocenters.